The van der Waals surface area contributed by atoms with Crippen LogP contribution >= 0.6 is 12.2 Å². The second-order valence-electron chi connectivity index (χ2n) is 3.31. The molecular formula is C8H12N2O2S. The van der Waals surface area contributed by atoms with E-state index in [1.165, 1.54) is 0 Å². The number of imide groups is 1. The highest BCUT2D eigenvalue weighted by Crippen LogP contribution is 2.24. The third-order valence-corrected chi connectivity index (χ3v) is 2.50. The van der Waals surface area contributed by atoms with E-state index in [2.05, 4.69) is 12.2 Å². The van der Waals surface area contributed by atoms with Crippen molar-refractivity contribution in [2.24, 2.45) is 17.6 Å². The smallest absolute Gasteiger partial charge is 0.233 e. The number of carbonyl (C=O) groups is 2. The quantitative estimate of drug-likeness (QED) is 0.500. The number of likely N-dealkylation sites (tertiary alicyclic amines) is 1. The molecule has 1 fully saturated rings. The summed E-state index contributed by atoms with van der Waals surface area (Å²) in [6.07, 6.45) is 0. The Hall–Kier alpha value is -0.970. The van der Waals surface area contributed by atoms with Crippen LogP contribution in [0.2, 0.25) is 0 Å². The number of thiocarbonyl (C=S) groups is 1. The molecule has 0 spiro atoms. The van der Waals surface area contributed by atoms with Gasteiger partial charge < -0.3 is 5.73 Å². The summed E-state index contributed by atoms with van der Waals surface area (Å²) in [5.41, 5.74) is 5.27. The van der Waals surface area contributed by atoms with E-state index in [0.29, 0.717) is 0 Å². The van der Waals surface area contributed by atoms with Crippen molar-refractivity contribution in [1.82, 2.24) is 4.90 Å². The Morgan fingerprint density at radius 3 is 2.08 bits per heavy atom. The molecule has 13 heavy (non-hydrogen) atoms. The molecule has 0 aliphatic carbocycles. The molecule has 0 aromatic carbocycles. The molecule has 0 radical (unpaired) electrons. The van der Waals surface area contributed by atoms with Crippen LogP contribution in [0.5, 0.6) is 0 Å². The maximum absolute atomic E-state index is 11.5. The fourth-order valence-electron chi connectivity index (χ4n) is 1.34. The van der Waals surface area contributed by atoms with Crippen LogP contribution in [0.1, 0.15) is 13.8 Å². The first-order valence-electron chi connectivity index (χ1n) is 4.08. The van der Waals surface area contributed by atoms with E-state index >= 15 is 0 Å². The van der Waals surface area contributed by atoms with Crippen molar-refractivity contribution in [3.63, 3.8) is 0 Å². The van der Waals surface area contributed by atoms with E-state index in [1.54, 1.807) is 13.8 Å². The monoisotopic (exact) mass is 200 g/mol. The van der Waals surface area contributed by atoms with E-state index in [-0.39, 0.29) is 35.2 Å². The standard InChI is InChI=1S/C8H12N2O2S/c1-4-5(2)8(12)10(7(4)11)3-6(9)13/h4-5H,3H2,1-2H3,(H2,9,13). The van der Waals surface area contributed by atoms with Crippen molar-refractivity contribution in [2.75, 3.05) is 6.54 Å². The summed E-state index contributed by atoms with van der Waals surface area (Å²) < 4.78 is 0. The average molecular weight is 200 g/mol. The van der Waals surface area contributed by atoms with Gasteiger partial charge in [-0.3, -0.25) is 14.5 Å². The van der Waals surface area contributed by atoms with Crippen LogP contribution in [0.4, 0.5) is 0 Å². The number of nitrogens with zero attached hydrogens (tertiary/aromatic N) is 1. The van der Waals surface area contributed by atoms with Crippen LogP contribution in [0, 0.1) is 11.8 Å². The number of rotatable bonds is 2. The lowest BCUT2D eigenvalue weighted by molar-refractivity contribution is -0.138. The van der Waals surface area contributed by atoms with Gasteiger partial charge in [-0.25, -0.2) is 0 Å². The molecule has 2 atom stereocenters. The van der Waals surface area contributed by atoms with Gasteiger partial charge in [0, 0.05) is 11.8 Å². The molecule has 1 saturated heterocycles. The van der Waals surface area contributed by atoms with E-state index in [9.17, 15) is 9.59 Å². The maximum Gasteiger partial charge on any atom is 0.233 e. The van der Waals surface area contributed by atoms with E-state index in [0.717, 1.165) is 4.90 Å². The molecule has 0 bridgehead atoms. The average Bonchev–Trinajstić information content (AvgIpc) is 2.22. The molecule has 72 valence electrons. The summed E-state index contributed by atoms with van der Waals surface area (Å²) in [4.78, 5) is 24.2. The number of nitrogens with two attached hydrogens (primary N) is 1. The Morgan fingerprint density at radius 2 is 1.77 bits per heavy atom. The third kappa shape index (κ3) is 1.70. The maximum atomic E-state index is 11.5. The molecule has 1 heterocycles. The number of carbonyl (C=O) groups excluding carboxylic acids is 2. The van der Waals surface area contributed by atoms with Gasteiger partial charge in [-0.15, -0.1) is 0 Å². The summed E-state index contributed by atoms with van der Waals surface area (Å²) in [6, 6.07) is 0. The lowest BCUT2D eigenvalue weighted by Crippen LogP contribution is -2.37. The minimum atomic E-state index is -0.248. The fourth-order valence-corrected chi connectivity index (χ4v) is 1.47. The van der Waals surface area contributed by atoms with Crippen molar-refractivity contribution < 1.29 is 9.59 Å². The molecule has 2 amide bonds. The molecule has 1 rings (SSSR count). The molecule has 0 saturated carbocycles. The lowest BCUT2D eigenvalue weighted by Gasteiger charge is -2.12. The number of hydrogen-bond donors (Lipinski definition) is 1. The van der Waals surface area contributed by atoms with Crippen molar-refractivity contribution >= 4 is 29.0 Å². The van der Waals surface area contributed by atoms with Gasteiger partial charge in [0.05, 0.1) is 11.5 Å². The fraction of sp³-hybridized carbons (Fsp3) is 0.625. The number of hydrogen-bond acceptors (Lipinski definition) is 3. The predicted octanol–water partition coefficient (Wildman–Crippen LogP) is -0.0865. The SMILES string of the molecule is CC1C(=O)N(CC(N)=S)C(=O)C1C. The van der Waals surface area contributed by atoms with Crippen molar-refractivity contribution in [1.29, 1.82) is 0 Å². The van der Waals surface area contributed by atoms with Gasteiger partial charge in [-0.1, -0.05) is 26.1 Å². The van der Waals surface area contributed by atoms with Crippen molar-refractivity contribution in [3.05, 3.63) is 0 Å². The molecule has 0 aromatic rings. The van der Waals surface area contributed by atoms with Crippen molar-refractivity contribution in [2.45, 2.75) is 13.8 Å². The Bertz CT molecular complexity index is 257. The molecule has 1 aliphatic heterocycles. The minimum absolute atomic E-state index is 0.0711. The zero-order chi connectivity index (χ0) is 10.2. The van der Waals surface area contributed by atoms with Gasteiger partial charge in [-0.2, -0.15) is 0 Å². The molecule has 1 aliphatic rings. The van der Waals surface area contributed by atoms with Crippen LogP contribution in [-0.2, 0) is 9.59 Å². The van der Waals surface area contributed by atoms with Gasteiger partial charge in [-0.05, 0) is 0 Å². The molecule has 0 aromatic heterocycles. The van der Waals surface area contributed by atoms with Crippen LogP contribution in [0.25, 0.3) is 0 Å². The van der Waals surface area contributed by atoms with Gasteiger partial charge in [0.2, 0.25) is 11.8 Å². The van der Waals surface area contributed by atoms with E-state index in [1.807, 2.05) is 0 Å². The first-order chi connectivity index (χ1) is 5.95. The van der Waals surface area contributed by atoms with E-state index in [4.69, 9.17) is 5.73 Å². The highest BCUT2D eigenvalue weighted by molar-refractivity contribution is 7.80. The zero-order valence-electron chi connectivity index (χ0n) is 7.61. The summed E-state index contributed by atoms with van der Waals surface area (Å²) in [5, 5.41) is 0. The third-order valence-electron chi connectivity index (χ3n) is 2.38. The normalized spacial score (nSPS) is 28.3. The van der Waals surface area contributed by atoms with Crippen LogP contribution in [-0.4, -0.2) is 28.2 Å². The second kappa shape index (κ2) is 3.41. The largest absolute Gasteiger partial charge is 0.392 e. The van der Waals surface area contributed by atoms with E-state index < -0.39 is 0 Å². The topological polar surface area (TPSA) is 63.4 Å². The summed E-state index contributed by atoms with van der Waals surface area (Å²) >= 11 is 4.65. The lowest BCUT2D eigenvalue weighted by atomic mass is 10.00. The Morgan fingerprint density at radius 1 is 1.38 bits per heavy atom. The molecule has 2 unspecified atom stereocenters. The first-order valence-corrected chi connectivity index (χ1v) is 4.49. The highest BCUT2D eigenvalue weighted by atomic mass is 32.1. The molecule has 4 nitrogen and oxygen atoms in total. The van der Waals surface area contributed by atoms with Crippen LogP contribution < -0.4 is 5.73 Å². The van der Waals surface area contributed by atoms with Gasteiger partial charge in [0.25, 0.3) is 0 Å². The minimum Gasteiger partial charge on any atom is -0.392 e. The summed E-state index contributed by atoms with van der Waals surface area (Å²) in [6.45, 7) is 3.55. The summed E-state index contributed by atoms with van der Waals surface area (Å²) in [5.74, 6) is -0.848. The highest BCUT2D eigenvalue weighted by Gasteiger charge is 2.42. The Kier molecular flexibility index (Phi) is 2.66. The Labute approximate surface area is 82.1 Å². The van der Waals surface area contributed by atoms with Crippen LogP contribution in [0.3, 0.4) is 0 Å². The van der Waals surface area contributed by atoms with Gasteiger partial charge in [0.1, 0.15) is 0 Å². The first kappa shape index (κ1) is 10.1. The number of amides is 2. The van der Waals surface area contributed by atoms with Gasteiger partial charge >= 0.3 is 0 Å². The van der Waals surface area contributed by atoms with Crippen LogP contribution in [0.15, 0.2) is 0 Å². The predicted molar refractivity (Wildman–Crippen MR) is 51.8 cm³/mol. The van der Waals surface area contributed by atoms with Gasteiger partial charge in [0.15, 0.2) is 0 Å². The second-order valence-corrected chi connectivity index (χ2v) is 3.83. The zero-order valence-corrected chi connectivity index (χ0v) is 8.43. The molecular weight excluding hydrogens is 188 g/mol. The Balaban J connectivity index is 2.81. The van der Waals surface area contributed by atoms with Crippen molar-refractivity contribution in [3.8, 4) is 0 Å². The molecule has 5 heteroatoms. The molecule has 2 N–H and O–H groups in total. The summed E-state index contributed by atoms with van der Waals surface area (Å²) in [7, 11) is 0.